The van der Waals surface area contributed by atoms with E-state index in [0.717, 1.165) is 17.9 Å². The lowest BCUT2D eigenvalue weighted by Gasteiger charge is -2.35. The Balaban J connectivity index is 1.70. The molecule has 2 aliphatic rings. The van der Waals surface area contributed by atoms with Gasteiger partial charge < -0.3 is 9.88 Å². The number of hydrogen-bond donors (Lipinski definition) is 1. The molecular formula is C16H27N3. The van der Waals surface area contributed by atoms with Crippen molar-refractivity contribution < 1.29 is 0 Å². The van der Waals surface area contributed by atoms with Gasteiger partial charge in [-0.05, 0) is 44.1 Å². The summed E-state index contributed by atoms with van der Waals surface area (Å²) >= 11 is 0. The summed E-state index contributed by atoms with van der Waals surface area (Å²) in [4.78, 5) is 4.64. The quantitative estimate of drug-likeness (QED) is 0.882. The average molecular weight is 261 g/mol. The molecular weight excluding hydrogens is 234 g/mol. The largest absolute Gasteiger partial charge is 0.338 e. The molecule has 2 saturated carbocycles. The third-order valence-corrected chi connectivity index (χ3v) is 5.12. The number of rotatable bonds is 5. The van der Waals surface area contributed by atoms with Gasteiger partial charge in [0.2, 0.25) is 0 Å². The lowest BCUT2D eigenvalue weighted by Crippen LogP contribution is -2.34. The van der Waals surface area contributed by atoms with Crippen molar-refractivity contribution >= 4 is 0 Å². The molecule has 1 N–H and O–H groups in total. The van der Waals surface area contributed by atoms with Crippen LogP contribution in [0.25, 0.3) is 0 Å². The van der Waals surface area contributed by atoms with Crippen LogP contribution in [0.2, 0.25) is 0 Å². The monoisotopic (exact) mass is 261 g/mol. The average Bonchev–Trinajstić information content (AvgIpc) is 3.17. The molecule has 0 radical (unpaired) electrons. The standard InChI is InChI=1S/C16H27N3/c1-3-12-4-5-13(11-18-14-6-7-14)15(10-12)16-17-8-9-19(16)2/h8-9,12-15,18H,3-7,10-11H2,1-2H3. The molecule has 1 heterocycles. The highest BCUT2D eigenvalue weighted by molar-refractivity contribution is 5.05. The van der Waals surface area contributed by atoms with Gasteiger partial charge >= 0.3 is 0 Å². The van der Waals surface area contributed by atoms with E-state index in [-0.39, 0.29) is 0 Å². The van der Waals surface area contributed by atoms with Crippen LogP contribution in [-0.2, 0) is 7.05 Å². The molecule has 0 amide bonds. The molecule has 3 rings (SSSR count). The van der Waals surface area contributed by atoms with E-state index < -0.39 is 0 Å². The van der Waals surface area contributed by atoms with E-state index in [1.165, 1.54) is 50.9 Å². The highest BCUT2D eigenvalue weighted by atomic mass is 15.0. The second-order valence-electron chi connectivity index (χ2n) is 6.53. The van der Waals surface area contributed by atoms with Gasteiger partial charge in [-0.25, -0.2) is 4.98 Å². The van der Waals surface area contributed by atoms with E-state index in [4.69, 9.17) is 0 Å². The van der Waals surface area contributed by atoms with Crippen LogP contribution < -0.4 is 5.32 Å². The molecule has 0 aliphatic heterocycles. The van der Waals surface area contributed by atoms with Crippen molar-refractivity contribution in [1.82, 2.24) is 14.9 Å². The molecule has 0 aromatic carbocycles. The van der Waals surface area contributed by atoms with Crippen molar-refractivity contribution in [3.05, 3.63) is 18.2 Å². The van der Waals surface area contributed by atoms with Gasteiger partial charge in [0.1, 0.15) is 5.82 Å². The van der Waals surface area contributed by atoms with Crippen molar-refractivity contribution in [3.63, 3.8) is 0 Å². The van der Waals surface area contributed by atoms with Crippen LogP contribution in [0.5, 0.6) is 0 Å². The van der Waals surface area contributed by atoms with Crippen molar-refractivity contribution in [3.8, 4) is 0 Å². The minimum Gasteiger partial charge on any atom is -0.338 e. The third-order valence-electron chi connectivity index (χ3n) is 5.12. The molecule has 19 heavy (non-hydrogen) atoms. The lowest BCUT2D eigenvalue weighted by molar-refractivity contribution is 0.216. The van der Waals surface area contributed by atoms with Crippen LogP contribution in [0.4, 0.5) is 0 Å². The van der Waals surface area contributed by atoms with E-state index in [9.17, 15) is 0 Å². The summed E-state index contributed by atoms with van der Waals surface area (Å²) in [6, 6.07) is 0.825. The summed E-state index contributed by atoms with van der Waals surface area (Å²) in [7, 11) is 2.14. The maximum Gasteiger partial charge on any atom is 0.111 e. The van der Waals surface area contributed by atoms with E-state index >= 15 is 0 Å². The number of aryl methyl sites for hydroxylation is 1. The Labute approximate surface area is 116 Å². The van der Waals surface area contributed by atoms with Gasteiger partial charge in [0.25, 0.3) is 0 Å². The molecule has 0 spiro atoms. The molecule has 1 aromatic rings. The van der Waals surface area contributed by atoms with Crippen LogP contribution in [0.1, 0.15) is 57.2 Å². The summed E-state index contributed by atoms with van der Waals surface area (Å²) < 4.78 is 2.23. The summed E-state index contributed by atoms with van der Waals surface area (Å²) in [5.41, 5.74) is 0. The van der Waals surface area contributed by atoms with Crippen LogP contribution >= 0.6 is 0 Å². The second-order valence-corrected chi connectivity index (χ2v) is 6.53. The van der Waals surface area contributed by atoms with E-state index in [1.54, 1.807) is 0 Å². The van der Waals surface area contributed by atoms with Gasteiger partial charge in [-0.3, -0.25) is 0 Å². The third kappa shape index (κ3) is 3.02. The first-order valence-electron chi connectivity index (χ1n) is 7.98. The van der Waals surface area contributed by atoms with Gasteiger partial charge in [0.05, 0.1) is 0 Å². The molecule has 1 aromatic heterocycles. The summed E-state index contributed by atoms with van der Waals surface area (Å²) in [6.45, 7) is 3.53. The number of nitrogens with one attached hydrogen (secondary N) is 1. The van der Waals surface area contributed by atoms with E-state index in [2.05, 4.69) is 35.0 Å². The Kier molecular flexibility index (Phi) is 3.92. The molecule has 3 nitrogen and oxygen atoms in total. The van der Waals surface area contributed by atoms with Gasteiger partial charge in [-0.2, -0.15) is 0 Å². The topological polar surface area (TPSA) is 29.9 Å². The summed E-state index contributed by atoms with van der Waals surface area (Å²) in [5, 5.41) is 3.73. The predicted octanol–water partition coefficient (Wildman–Crippen LogP) is 3.08. The highest BCUT2D eigenvalue weighted by Gasteiger charge is 2.34. The van der Waals surface area contributed by atoms with Crippen molar-refractivity contribution in [2.45, 2.75) is 57.4 Å². The van der Waals surface area contributed by atoms with Crippen LogP contribution in [0.3, 0.4) is 0 Å². The summed E-state index contributed by atoms with van der Waals surface area (Å²) in [5.74, 6) is 3.65. The Morgan fingerprint density at radius 1 is 1.32 bits per heavy atom. The molecule has 2 fully saturated rings. The smallest absolute Gasteiger partial charge is 0.111 e. The SMILES string of the molecule is CCC1CCC(CNC2CC2)C(c2nccn2C)C1. The fourth-order valence-electron chi connectivity index (χ4n) is 3.59. The molecule has 2 aliphatic carbocycles. The maximum absolute atomic E-state index is 4.64. The molecule has 0 bridgehead atoms. The second kappa shape index (κ2) is 5.66. The molecule has 3 atom stereocenters. The van der Waals surface area contributed by atoms with Crippen molar-refractivity contribution in [2.75, 3.05) is 6.54 Å². The van der Waals surface area contributed by atoms with Gasteiger partial charge in [-0.1, -0.05) is 19.8 Å². The molecule has 3 unspecified atom stereocenters. The fourth-order valence-corrected chi connectivity index (χ4v) is 3.59. The number of nitrogens with zero attached hydrogens (tertiary/aromatic N) is 2. The lowest BCUT2D eigenvalue weighted by atomic mass is 9.72. The Hall–Kier alpha value is -0.830. The van der Waals surface area contributed by atoms with Crippen molar-refractivity contribution in [2.24, 2.45) is 18.9 Å². The summed E-state index contributed by atoms with van der Waals surface area (Å²) in [6.07, 6.45) is 12.3. The first-order chi connectivity index (χ1) is 9.28. The van der Waals surface area contributed by atoms with Crippen molar-refractivity contribution in [1.29, 1.82) is 0 Å². The number of hydrogen-bond acceptors (Lipinski definition) is 2. The minimum atomic E-state index is 0.657. The first kappa shape index (κ1) is 13.2. The minimum absolute atomic E-state index is 0.657. The van der Waals surface area contributed by atoms with Gasteiger partial charge in [-0.15, -0.1) is 0 Å². The predicted molar refractivity (Wildman–Crippen MR) is 78.1 cm³/mol. The normalized spacial score (nSPS) is 31.6. The molecule has 3 heteroatoms. The zero-order chi connectivity index (χ0) is 13.2. The molecule has 106 valence electrons. The maximum atomic E-state index is 4.64. The first-order valence-corrected chi connectivity index (χ1v) is 7.98. The molecule has 0 saturated heterocycles. The Morgan fingerprint density at radius 2 is 2.16 bits per heavy atom. The van der Waals surface area contributed by atoms with Gasteiger partial charge in [0.15, 0.2) is 0 Å². The zero-order valence-electron chi connectivity index (χ0n) is 12.3. The van der Waals surface area contributed by atoms with E-state index in [1.807, 2.05) is 6.20 Å². The Bertz CT molecular complexity index is 408. The Morgan fingerprint density at radius 3 is 2.79 bits per heavy atom. The van der Waals surface area contributed by atoms with Gasteiger partial charge in [0, 0.05) is 31.4 Å². The van der Waals surface area contributed by atoms with Crippen LogP contribution in [-0.4, -0.2) is 22.1 Å². The van der Waals surface area contributed by atoms with E-state index in [0.29, 0.717) is 5.92 Å². The zero-order valence-corrected chi connectivity index (χ0v) is 12.3. The van der Waals surface area contributed by atoms with Crippen LogP contribution in [0, 0.1) is 11.8 Å². The fraction of sp³-hybridized carbons (Fsp3) is 0.812. The number of aromatic nitrogens is 2. The highest BCUT2D eigenvalue weighted by Crippen LogP contribution is 2.41. The number of imidazole rings is 1. The van der Waals surface area contributed by atoms with Crippen LogP contribution in [0.15, 0.2) is 12.4 Å².